The van der Waals surface area contributed by atoms with Crippen LogP contribution in [0.1, 0.15) is 43.9 Å². The molecule has 2 rings (SSSR count). The van der Waals surface area contributed by atoms with Crippen LogP contribution in [0.4, 0.5) is 5.69 Å². The lowest BCUT2D eigenvalue weighted by Crippen LogP contribution is -2.52. The third kappa shape index (κ3) is 8.11. The van der Waals surface area contributed by atoms with Crippen molar-refractivity contribution in [3.8, 4) is 0 Å². The van der Waals surface area contributed by atoms with E-state index in [2.05, 4.69) is 5.32 Å². The Morgan fingerprint density at radius 2 is 1.69 bits per heavy atom. The highest BCUT2D eigenvalue weighted by Crippen LogP contribution is 2.25. The number of carbonyl (C=O) groups is 2. The largest absolute Gasteiger partial charge is 0.354 e. The SMILES string of the molecule is CC[C@H](C(=O)NCC(C)C)N(Cc1ccc(Cl)cc1Cl)C(=O)CN(c1ccc(C)c(C)c1)S(C)(=O)=O. The first-order valence-corrected chi connectivity index (χ1v) is 14.4. The van der Waals surface area contributed by atoms with Gasteiger partial charge in [-0.25, -0.2) is 8.42 Å². The van der Waals surface area contributed by atoms with Crippen molar-refractivity contribution in [3.05, 3.63) is 63.1 Å². The Kier molecular flexibility index (Phi) is 10.6. The van der Waals surface area contributed by atoms with Crippen molar-refractivity contribution in [2.45, 2.75) is 53.6 Å². The van der Waals surface area contributed by atoms with Crippen molar-refractivity contribution in [1.29, 1.82) is 0 Å². The molecular formula is C26H35Cl2N3O4S. The topological polar surface area (TPSA) is 86.8 Å². The molecule has 0 unspecified atom stereocenters. The minimum absolute atomic E-state index is 0.0208. The Balaban J connectivity index is 2.48. The van der Waals surface area contributed by atoms with Gasteiger partial charge >= 0.3 is 0 Å². The number of nitrogens with one attached hydrogen (secondary N) is 1. The van der Waals surface area contributed by atoms with Crippen molar-refractivity contribution < 1.29 is 18.0 Å². The average molecular weight is 557 g/mol. The molecule has 0 aromatic heterocycles. The molecule has 10 heteroatoms. The third-order valence-corrected chi connectivity index (χ3v) is 7.61. The van der Waals surface area contributed by atoms with Crippen molar-refractivity contribution in [1.82, 2.24) is 10.2 Å². The van der Waals surface area contributed by atoms with E-state index in [0.29, 0.717) is 34.3 Å². The Morgan fingerprint density at radius 3 is 2.22 bits per heavy atom. The zero-order chi connectivity index (χ0) is 27.2. The summed E-state index contributed by atoms with van der Waals surface area (Å²) in [5.74, 6) is -0.593. The smallest absolute Gasteiger partial charge is 0.244 e. The zero-order valence-electron chi connectivity index (χ0n) is 21.6. The summed E-state index contributed by atoms with van der Waals surface area (Å²) in [5, 5.41) is 3.69. The number of aryl methyl sites for hydroxylation is 2. The molecule has 198 valence electrons. The number of anilines is 1. The summed E-state index contributed by atoms with van der Waals surface area (Å²) in [6, 6.07) is 9.32. The minimum Gasteiger partial charge on any atom is -0.354 e. The molecule has 0 fully saturated rings. The summed E-state index contributed by atoms with van der Waals surface area (Å²) < 4.78 is 26.5. The van der Waals surface area contributed by atoms with Gasteiger partial charge < -0.3 is 10.2 Å². The Bertz CT molecular complexity index is 1200. The Hall–Kier alpha value is -2.29. The van der Waals surface area contributed by atoms with Gasteiger partial charge in [0.2, 0.25) is 21.8 Å². The monoisotopic (exact) mass is 555 g/mol. The van der Waals surface area contributed by atoms with E-state index in [-0.39, 0.29) is 18.4 Å². The van der Waals surface area contributed by atoms with Gasteiger partial charge in [-0.15, -0.1) is 0 Å². The number of nitrogens with zero attached hydrogens (tertiary/aromatic N) is 2. The molecule has 1 N–H and O–H groups in total. The van der Waals surface area contributed by atoms with E-state index >= 15 is 0 Å². The van der Waals surface area contributed by atoms with Crippen LogP contribution >= 0.6 is 23.2 Å². The van der Waals surface area contributed by atoms with Crippen LogP contribution in [0.15, 0.2) is 36.4 Å². The van der Waals surface area contributed by atoms with Crippen LogP contribution in [0.25, 0.3) is 0 Å². The molecule has 36 heavy (non-hydrogen) atoms. The van der Waals surface area contributed by atoms with E-state index in [4.69, 9.17) is 23.2 Å². The van der Waals surface area contributed by atoms with Crippen LogP contribution in [0, 0.1) is 19.8 Å². The molecule has 2 aromatic rings. The van der Waals surface area contributed by atoms with Gasteiger partial charge in [0.05, 0.1) is 11.9 Å². The molecule has 2 aromatic carbocycles. The number of amides is 2. The fourth-order valence-electron chi connectivity index (χ4n) is 3.67. The number of halogens is 2. The number of sulfonamides is 1. The lowest BCUT2D eigenvalue weighted by atomic mass is 10.1. The highest BCUT2D eigenvalue weighted by molar-refractivity contribution is 7.92. The van der Waals surface area contributed by atoms with Gasteiger partial charge in [0.25, 0.3) is 0 Å². The van der Waals surface area contributed by atoms with E-state index in [9.17, 15) is 18.0 Å². The number of carbonyl (C=O) groups excluding carboxylic acids is 2. The Morgan fingerprint density at radius 1 is 1.03 bits per heavy atom. The van der Waals surface area contributed by atoms with Crippen LogP contribution in [-0.4, -0.2) is 50.5 Å². The number of hydrogen-bond acceptors (Lipinski definition) is 4. The molecule has 0 saturated heterocycles. The van der Waals surface area contributed by atoms with Gasteiger partial charge in [-0.2, -0.15) is 0 Å². The highest BCUT2D eigenvalue weighted by Gasteiger charge is 2.32. The predicted octanol–water partition coefficient (Wildman–Crippen LogP) is 4.96. The summed E-state index contributed by atoms with van der Waals surface area (Å²) >= 11 is 12.4. The fraction of sp³-hybridized carbons (Fsp3) is 0.462. The second kappa shape index (κ2) is 12.8. The van der Waals surface area contributed by atoms with Gasteiger partial charge in [0, 0.05) is 23.1 Å². The molecule has 0 bridgehead atoms. The lowest BCUT2D eigenvalue weighted by Gasteiger charge is -2.33. The van der Waals surface area contributed by atoms with Crippen molar-refractivity contribution >= 4 is 50.7 Å². The van der Waals surface area contributed by atoms with E-state index in [1.807, 2.05) is 33.8 Å². The first-order valence-electron chi connectivity index (χ1n) is 11.8. The maximum Gasteiger partial charge on any atom is 0.244 e. The first-order chi connectivity index (χ1) is 16.7. The molecule has 0 heterocycles. The molecule has 0 radical (unpaired) electrons. The fourth-order valence-corrected chi connectivity index (χ4v) is 4.98. The van der Waals surface area contributed by atoms with Crippen LogP contribution < -0.4 is 9.62 Å². The van der Waals surface area contributed by atoms with E-state index < -0.39 is 28.5 Å². The van der Waals surface area contributed by atoms with E-state index in [0.717, 1.165) is 21.7 Å². The second-order valence-electron chi connectivity index (χ2n) is 9.36. The summed E-state index contributed by atoms with van der Waals surface area (Å²) in [4.78, 5) is 28.2. The van der Waals surface area contributed by atoms with E-state index in [1.54, 1.807) is 37.3 Å². The maximum absolute atomic E-state index is 13.7. The van der Waals surface area contributed by atoms with Gasteiger partial charge in [-0.05, 0) is 67.1 Å². The second-order valence-corrected chi connectivity index (χ2v) is 12.1. The van der Waals surface area contributed by atoms with Crippen LogP contribution in [0.2, 0.25) is 10.0 Å². The summed E-state index contributed by atoms with van der Waals surface area (Å²) in [6.45, 7) is 9.58. The maximum atomic E-state index is 13.7. The quantitative estimate of drug-likeness (QED) is 0.424. The molecule has 0 aliphatic carbocycles. The van der Waals surface area contributed by atoms with Gasteiger partial charge in [-0.3, -0.25) is 13.9 Å². The molecule has 0 spiro atoms. The van der Waals surface area contributed by atoms with Crippen LogP contribution in [0.5, 0.6) is 0 Å². The van der Waals surface area contributed by atoms with Crippen LogP contribution in [-0.2, 0) is 26.2 Å². The molecule has 1 atom stereocenters. The van der Waals surface area contributed by atoms with Crippen LogP contribution in [0.3, 0.4) is 0 Å². The Labute approximate surface area is 224 Å². The molecule has 0 aliphatic heterocycles. The first kappa shape index (κ1) is 29.9. The standard InChI is InChI=1S/C26H35Cl2N3O4S/c1-7-24(26(33)29-14-17(2)3)30(15-20-9-10-21(27)13-23(20)28)25(32)16-31(36(6,34)35)22-11-8-18(4)19(5)12-22/h8-13,17,24H,7,14-16H2,1-6H3,(H,29,33)/t24-/m1/s1. The molecule has 0 aliphatic rings. The summed E-state index contributed by atoms with van der Waals surface area (Å²) in [5.41, 5.74) is 2.89. The molecule has 7 nitrogen and oxygen atoms in total. The average Bonchev–Trinajstić information content (AvgIpc) is 2.78. The highest BCUT2D eigenvalue weighted by atomic mass is 35.5. The van der Waals surface area contributed by atoms with E-state index in [1.165, 1.54) is 4.90 Å². The number of benzene rings is 2. The third-order valence-electron chi connectivity index (χ3n) is 5.88. The molecular weight excluding hydrogens is 521 g/mol. The number of rotatable bonds is 11. The summed E-state index contributed by atoms with van der Waals surface area (Å²) in [6.07, 6.45) is 1.39. The van der Waals surface area contributed by atoms with Gasteiger partial charge in [0.15, 0.2) is 0 Å². The number of hydrogen-bond donors (Lipinski definition) is 1. The zero-order valence-corrected chi connectivity index (χ0v) is 24.0. The lowest BCUT2D eigenvalue weighted by molar-refractivity contribution is -0.140. The van der Waals surface area contributed by atoms with Gasteiger partial charge in [0.1, 0.15) is 12.6 Å². The molecule has 2 amide bonds. The van der Waals surface area contributed by atoms with Crippen molar-refractivity contribution in [2.24, 2.45) is 5.92 Å². The minimum atomic E-state index is -3.80. The van der Waals surface area contributed by atoms with Gasteiger partial charge in [-0.1, -0.05) is 56.1 Å². The van der Waals surface area contributed by atoms with Crippen molar-refractivity contribution in [3.63, 3.8) is 0 Å². The van der Waals surface area contributed by atoms with Crippen molar-refractivity contribution in [2.75, 3.05) is 23.7 Å². The summed E-state index contributed by atoms with van der Waals surface area (Å²) in [7, 11) is -3.80. The normalized spacial score (nSPS) is 12.4. The molecule has 0 saturated carbocycles. The predicted molar refractivity (Wildman–Crippen MR) is 147 cm³/mol.